The number of nitrogens with one attached hydrogen (secondary N) is 2. The molecule has 0 spiro atoms. The smallest absolute Gasteiger partial charge is 0.408 e. The van der Waals surface area contributed by atoms with Crippen LogP contribution in [0.25, 0.3) is 0 Å². The van der Waals surface area contributed by atoms with Gasteiger partial charge in [0.05, 0.1) is 10.7 Å². The molecule has 0 aromatic heterocycles. The third-order valence-electron chi connectivity index (χ3n) is 5.65. The number of anilines is 1. The zero-order chi connectivity index (χ0) is 27.9. The van der Waals surface area contributed by atoms with E-state index in [4.69, 9.17) is 22.8 Å². The standard InChI is InChI=1S/C29H36ClN3O4/c1-9-20-14-16-21(17-15-20)25(26(34)31-24-19(5)12-11-13-22(24)30)33(10-2)27(35)23(18(3)4)32-28(36)37-29(6,7)8/h1,11-18,23,25H,10H2,2-8H3,(H,31,34)(H,32,36). The minimum Gasteiger partial charge on any atom is -0.444 e. The van der Waals surface area contributed by atoms with Crippen molar-refractivity contribution in [2.45, 2.75) is 66.2 Å². The lowest BCUT2D eigenvalue weighted by atomic mass is 9.98. The number of ether oxygens (including phenoxy) is 1. The topological polar surface area (TPSA) is 87.7 Å². The van der Waals surface area contributed by atoms with Gasteiger partial charge in [-0.1, -0.05) is 55.6 Å². The molecule has 0 fully saturated rings. The first-order chi connectivity index (χ1) is 17.3. The summed E-state index contributed by atoms with van der Waals surface area (Å²) in [5.74, 6) is 1.42. The van der Waals surface area contributed by atoms with Gasteiger partial charge < -0.3 is 20.3 Å². The molecule has 198 valence electrons. The highest BCUT2D eigenvalue weighted by Gasteiger charge is 2.37. The van der Waals surface area contributed by atoms with Crippen molar-refractivity contribution in [2.75, 3.05) is 11.9 Å². The molecule has 2 aromatic rings. The van der Waals surface area contributed by atoms with Gasteiger partial charge in [0.2, 0.25) is 5.91 Å². The lowest BCUT2D eigenvalue weighted by Gasteiger charge is -2.35. The van der Waals surface area contributed by atoms with Crippen LogP contribution in [0.15, 0.2) is 42.5 Å². The summed E-state index contributed by atoms with van der Waals surface area (Å²) in [6.07, 6.45) is 4.80. The molecule has 0 aliphatic heterocycles. The molecule has 0 aliphatic rings. The van der Waals surface area contributed by atoms with Gasteiger partial charge in [-0.2, -0.15) is 0 Å². The summed E-state index contributed by atoms with van der Waals surface area (Å²) in [7, 11) is 0. The van der Waals surface area contributed by atoms with Gasteiger partial charge in [-0.3, -0.25) is 9.59 Å². The summed E-state index contributed by atoms with van der Waals surface area (Å²) in [6.45, 7) is 12.7. The van der Waals surface area contributed by atoms with Crippen molar-refractivity contribution in [1.29, 1.82) is 0 Å². The van der Waals surface area contributed by atoms with Gasteiger partial charge in [-0.15, -0.1) is 6.42 Å². The van der Waals surface area contributed by atoms with Crippen LogP contribution in [0.4, 0.5) is 10.5 Å². The van der Waals surface area contributed by atoms with Crippen LogP contribution in [0.1, 0.15) is 64.3 Å². The fourth-order valence-electron chi connectivity index (χ4n) is 3.81. The van der Waals surface area contributed by atoms with Crippen LogP contribution in [0.5, 0.6) is 0 Å². The minimum atomic E-state index is -1.01. The van der Waals surface area contributed by atoms with Gasteiger partial charge >= 0.3 is 6.09 Å². The van der Waals surface area contributed by atoms with Crippen LogP contribution >= 0.6 is 11.6 Å². The quantitative estimate of drug-likeness (QED) is 0.432. The van der Waals surface area contributed by atoms with E-state index in [1.807, 2.05) is 26.8 Å². The number of likely N-dealkylation sites (N-methyl/N-ethyl adjacent to an activating group) is 1. The number of amides is 3. The third-order valence-corrected chi connectivity index (χ3v) is 5.97. The molecule has 3 amide bonds. The van der Waals surface area contributed by atoms with E-state index < -0.39 is 35.6 Å². The van der Waals surface area contributed by atoms with Crippen molar-refractivity contribution in [2.24, 2.45) is 5.92 Å². The highest BCUT2D eigenvalue weighted by atomic mass is 35.5. The summed E-state index contributed by atoms with van der Waals surface area (Å²) in [5.41, 5.74) is 1.73. The second-order valence-electron chi connectivity index (χ2n) is 10.1. The Morgan fingerprint density at radius 3 is 2.22 bits per heavy atom. The van der Waals surface area contributed by atoms with E-state index in [0.717, 1.165) is 5.56 Å². The van der Waals surface area contributed by atoms with Gasteiger partial charge in [0.1, 0.15) is 17.7 Å². The van der Waals surface area contributed by atoms with Crippen LogP contribution < -0.4 is 10.6 Å². The molecule has 0 heterocycles. The van der Waals surface area contributed by atoms with Crippen molar-refractivity contribution in [3.05, 3.63) is 64.2 Å². The molecule has 37 heavy (non-hydrogen) atoms. The average Bonchev–Trinajstić information content (AvgIpc) is 2.81. The number of aryl methyl sites for hydroxylation is 1. The molecule has 0 bridgehead atoms. The molecule has 0 saturated carbocycles. The van der Waals surface area contributed by atoms with Crippen LogP contribution in [0.2, 0.25) is 5.02 Å². The lowest BCUT2D eigenvalue weighted by molar-refractivity contribution is -0.141. The zero-order valence-electron chi connectivity index (χ0n) is 22.5. The Morgan fingerprint density at radius 1 is 1.11 bits per heavy atom. The van der Waals surface area contributed by atoms with Crippen LogP contribution in [0, 0.1) is 25.2 Å². The molecule has 0 aliphatic carbocycles. The number of benzene rings is 2. The second-order valence-corrected chi connectivity index (χ2v) is 10.5. The van der Waals surface area contributed by atoms with E-state index in [0.29, 0.717) is 21.8 Å². The number of alkyl carbamates (subject to hydrolysis) is 1. The molecule has 2 unspecified atom stereocenters. The highest BCUT2D eigenvalue weighted by molar-refractivity contribution is 6.34. The predicted octanol–water partition coefficient (Wildman–Crippen LogP) is 5.71. The third kappa shape index (κ3) is 7.99. The molecule has 2 rings (SSSR count). The van der Waals surface area contributed by atoms with Gasteiger partial charge in [0.25, 0.3) is 5.91 Å². The number of para-hydroxylation sites is 1. The van der Waals surface area contributed by atoms with E-state index in [2.05, 4.69) is 16.6 Å². The molecule has 0 radical (unpaired) electrons. The Balaban J connectivity index is 2.50. The van der Waals surface area contributed by atoms with E-state index in [1.54, 1.807) is 64.1 Å². The Morgan fingerprint density at radius 2 is 1.73 bits per heavy atom. The first-order valence-electron chi connectivity index (χ1n) is 12.2. The van der Waals surface area contributed by atoms with Crippen molar-refractivity contribution in [1.82, 2.24) is 10.2 Å². The summed E-state index contributed by atoms with van der Waals surface area (Å²) in [5, 5.41) is 5.97. The number of nitrogens with zero attached hydrogens (tertiary/aromatic N) is 1. The maximum atomic E-state index is 13.9. The van der Waals surface area contributed by atoms with Gasteiger partial charge in [0, 0.05) is 12.1 Å². The van der Waals surface area contributed by atoms with Crippen LogP contribution in [-0.4, -0.2) is 41.0 Å². The number of hydrogen-bond donors (Lipinski definition) is 2. The van der Waals surface area contributed by atoms with Gasteiger partial charge in [0.15, 0.2) is 0 Å². The fourth-order valence-corrected chi connectivity index (χ4v) is 4.08. The SMILES string of the molecule is C#Cc1ccc(C(C(=O)Nc2c(C)cccc2Cl)N(CC)C(=O)C(NC(=O)OC(C)(C)C)C(C)C)cc1. The summed E-state index contributed by atoms with van der Waals surface area (Å²) >= 11 is 6.36. The highest BCUT2D eigenvalue weighted by Crippen LogP contribution is 2.29. The maximum absolute atomic E-state index is 13.9. The van der Waals surface area contributed by atoms with Crippen LogP contribution in [0.3, 0.4) is 0 Å². The summed E-state index contributed by atoms with van der Waals surface area (Å²) in [4.78, 5) is 41.6. The molecule has 0 saturated heterocycles. The fraction of sp³-hybridized carbons (Fsp3) is 0.414. The minimum absolute atomic E-state index is 0.203. The van der Waals surface area contributed by atoms with Crippen molar-refractivity contribution in [3.8, 4) is 12.3 Å². The average molecular weight is 526 g/mol. The van der Waals surface area contributed by atoms with E-state index >= 15 is 0 Å². The molecule has 2 atom stereocenters. The van der Waals surface area contributed by atoms with Crippen molar-refractivity contribution >= 4 is 35.2 Å². The Hall–Kier alpha value is -3.50. The molecule has 2 aromatic carbocycles. The molecule has 8 heteroatoms. The first kappa shape index (κ1) is 29.7. The lowest BCUT2D eigenvalue weighted by Crippen LogP contribution is -2.54. The number of carbonyl (C=O) groups is 3. The first-order valence-corrected chi connectivity index (χ1v) is 12.6. The Bertz CT molecular complexity index is 1140. The predicted molar refractivity (Wildman–Crippen MR) is 147 cm³/mol. The van der Waals surface area contributed by atoms with Crippen molar-refractivity contribution < 1.29 is 19.1 Å². The van der Waals surface area contributed by atoms with E-state index in [1.165, 1.54) is 4.90 Å². The van der Waals surface area contributed by atoms with Crippen molar-refractivity contribution in [3.63, 3.8) is 0 Å². The number of terminal acetylenes is 1. The number of hydrogen-bond acceptors (Lipinski definition) is 4. The zero-order valence-corrected chi connectivity index (χ0v) is 23.3. The Kier molecular flexibility index (Phi) is 10.2. The second kappa shape index (κ2) is 12.6. The van der Waals surface area contributed by atoms with E-state index in [-0.39, 0.29) is 12.5 Å². The number of carbonyl (C=O) groups excluding carboxylic acids is 3. The molecule has 2 N–H and O–H groups in total. The number of halogens is 1. The molecular formula is C29H36ClN3O4. The Labute approximate surface area is 224 Å². The number of rotatable bonds is 8. The summed E-state index contributed by atoms with van der Waals surface area (Å²) < 4.78 is 5.37. The van der Waals surface area contributed by atoms with E-state index in [9.17, 15) is 14.4 Å². The maximum Gasteiger partial charge on any atom is 0.408 e. The molecule has 7 nitrogen and oxygen atoms in total. The normalized spacial score (nSPS) is 12.8. The monoisotopic (exact) mass is 525 g/mol. The van der Waals surface area contributed by atoms with Gasteiger partial charge in [-0.05, 0) is 69.9 Å². The summed E-state index contributed by atoms with van der Waals surface area (Å²) in [6, 6.07) is 10.3. The van der Waals surface area contributed by atoms with Gasteiger partial charge in [-0.25, -0.2) is 4.79 Å². The largest absolute Gasteiger partial charge is 0.444 e. The molecular weight excluding hydrogens is 490 g/mol. The van der Waals surface area contributed by atoms with Crippen LogP contribution in [-0.2, 0) is 14.3 Å².